The van der Waals surface area contributed by atoms with E-state index in [2.05, 4.69) is 30.6 Å². The van der Waals surface area contributed by atoms with E-state index in [-0.39, 0.29) is 0 Å². The van der Waals surface area contributed by atoms with E-state index in [9.17, 15) is 0 Å². The summed E-state index contributed by atoms with van der Waals surface area (Å²) in [5, 5.41) is 14.6. The molecule has 0 radical (unpaired) electrons. The summed E-state index contributed by atoms with van der Waals surface area (Å²) in [5.74, 6) is 1.98. The number of benzene rings is 1. The molecule has 8 nitrogen and oxygen atoms in total. The summed E-state index contributed by atoms with van der Waals surface area (Å²) in [6.07, 6.45) is 1.52. The number of aryl methyl sites for hydroxylation is 1. The molecule has 27 heavy (non-hydrogen) atoms. The molecule has 0 bridgehead atoms. The summed E-state index contributed by atoms with van der Waals surface area (Å²) in [6.45, 7) is 1.91. The lowest BCUT2D eigenvalue weighted by atomic mass is 10.1. The van der Waals surface area contributed by atoms with Gasteiger partial charge < -0.3 is 9.84 Å². The number of hydrogen-bond acceptors (Lipinski definition) is 7. The summed E-state index contributed by atoms with van der Waals surface area (Å²) in [7, 11) is 1.79. The summed E-state index contributed by atoms with van der Waals surface area (Å²) >= 11 is 6.21. The molecule has 0 aliphatic heterocycles. The first-order valence-corrected chi connectivity index (χ1v) is 8.55. The Morgan fingerprint density at radius 3 is 2.74 bits per heavy atom. The van der Waals surface area contributed by atoms with Gasteiger partial charge in [-0.1, -0.05) is 47.1 Å². The van der Waals surface area contributed by atoms with Gasteiger partial charge in [0.05, 0.1) is 6.20 Å². The molecule has 4 aromatic rings. The highest BCUT2D eigenvalue weighted by Gasteiger charge is 2.16. The third kappa shape index (κ3) is 3.61. The number of nitrogens with zero attached hydrogens (tertiary/aromatic N) is 5. The molecule has 9 heteroatoms. The second kappa shape index (κ2) is 7.08. The fraction of sp³-hybridized carbons (Fsp3) is 0.111. The fourth-order valence-electron chi connectivity index (χ4n) is 2.48. The molecule has 0 spiro atoms. The molecule has 0 unspecified atom stereocenters. The fourth-order valence-corrected chi connectivity index (χ4v) is 2.62. The van der Waals surface area contributed by atoms with Gasteiger partial charge in [0, 0.05) is 30.4 Å². The van der Waals surface area contributed by atoms with Crippen LogP contribution in [0.2, 0.25) is 5.02 Å². The lowest BCUT2D eigenvalue weighted by Crippen LogP contribution is -2.13. The summed E-state index contributed by atoms with van der Waals surface area (Å²) in [5.41, 5.74) is 2.63. The first kappa shape index (κ1) is 17.0. The van der Waals surface area contributed by atoms with Gasteiger partial charge in [-0.15, -0.1) is 0 Å². The van der Waals surface area contributed by atoms with Crippen molar-refractivity contribution in [2.45, 2.75) is 6.92 Å². The predicted molar refractivity (Wildman–Crippen MR) is 104 cm³/mol. The molecule has 0 aliphatic rings. The Hall–Kier alpha value is -3.39. The van der Waals surface area contributed by atoms with Gasteiger partial charge in [-0.05, 0) is 6.92 Å². The average molecular weight is 382 g/mol. The second-order valence-corrected chi connectivity index (χ2v) is 6.31. The van der Waals surface area contributed by atoms with Crippen molar-refractivity contribution < 1.29 is 4.52 Å². The minimum atomic E-state index is 0.385. The van der Waals surface area contributed by atoms with Crippen molar-refractivity contribution >= 4 is 35.1 Å². The monoisotopic (exact) mass is 381 g/mol. The van der Waals surface area contributed by atoms with Crippen molar-refractivity contribution in [3.05, 3.63) is 59.4 Å². The minimum Gasteiger partial charge on any atom is -0.338 e. The highest BCUT2D eigenvalue weighted by Crippen LogP contribution is 2.29. The number of halogens is 1. The lowest BCUT2D eigenvalue weighted by molar-refractivity contribution is 0.428. The van der Waals surface area contributed by atoms with E-state index >= 15 is 0 Å². The molecule has 0 saturated carbocycles. The van der Waals surface area contributed by atoms with Crippen LogP contribution in [0.25, 0.3) is 11.3 Å². The molecule has 3 aromatic heterocycles. The van der Waals surface area contributed by atoms with Crippen molar-refractivity contribution in [1.29, 1.82) is 0 Å². The van der Waals surface area contributed by atoms with Crippen molar-refractivity contribution in [3.8, 4) is 11.3 Å². The van der Waals surface area contributed by atoms with Gasteiger partial charge in [-0.3, -0.25) is 10.00 Å². The van der Waals surface area contributed by atoms with Crippen LogP contribution in [0, 0.1) is 6.92 Å². The van der Waals surface area contributed by atoms with Crippen LogP contribution in [0.3, 0.4) is 0 Å². The molecule has 3 heterocycles. The third-order valence-electron chi connectivity index (χ3n) is 3.88. The van der Waals surface area contributed by atoms with Gasteiger partial charge in [-0.2, -0.15) is 10.1 Å². The average Bonchev–Trinajstić information content (AvgIpc) is 3.33. The number of aromatic amines is 1. The van der Waals surface area contributed by atoms with E-state index in [0.717, 1.165) is 17.0 Å². The smallest absolute Gasteiger partial charge is 0.234 e. The van der Waals surface area contributed by atoms with E-state index in [1.54, 1.807) is 11.9 Å². The van der Waals surface area contributed by atoms with Crippen LogP contribution in [-0.4, -0.2) is 32.4 Å². The van der Waals surface area contributed by atoms with Crippen molar-refractivity contribution in [2.24, 2.45) is 0 Å². The predicted octanol–water partition coefficient (Wildman–Crippen LogP) is 4.33. The molecule has 136 valence electrons. The van der Waals surface area contributed by atoms with Gasteiger partial charge in [0.15, 0.2) is 11.6 Å². The summed E-state index contributed by atoms with van der Waals surface area (Å²) in [4.78, 5) is 10.4. The molecular weight excluding hydrogens is 366 g/mol. The van der Waals surface area contributed by atoms with Crippen LogP contribution in [0.1, 0.15) is 5.69 Å². The van der Waals surface area contributed by atoms with Crippen LogP contribution in [0.5, 0.6) is 0 Å². The van der Waals surface area contributed by atoms with Gasteiger partial charge in [0.25, 0.3) is 0 Å². The Morgan fingerprint density at radius 2 is 2.00 bits per heavy atom. The largest absolute Gasteiger partial charge is 0.338 e. The normalized spacial score (nSPS) is 10.8. The summed E-state index contributed by atoms with van der Waals surface area (Å²) in [6, 6.07) is 13.5. The van der Waals surface area contributed by atoms with E-state index in [4.69, 9.17) is 16.1 Å². The molecule has 0 fully saturated rings. The van der Waals surface area contributed by atoms with E-state index in [1.165, 1.54) is 6.20 Å². The van der Waals surface area contributed by atoms with Crippen molar-refractivity contribution in [1.82, 2.24) is 25.3 Å². The molecule has 0 saturated heterocycles. The molecule has 4 rings (SSSR count). The van der Waals surface area contributed by atoms with E-state index in [0.29, 0.717) is 28.5 Å². The zero-order valence-corrected chi connectivity index (χ0v) is 15.4. The van der Waals surface area contributed by atoms with Crippen LogP contribution < -0.4 is 10.2 Å². The lowest BCUT2D eigenvalue weighted by Gasteiger charge is -2.14. The molecule has 1 aromatic carbocycles. The van der Waals surface area contributed by atoms with Crippen LogP contribution >= 0.6 is 11.6 Å². The van der Waals surface area contributed by atoms with Gasteiger partial charge >= 0.3 is 0 Å². The van der Waals surface area contributed by atoms with E-state index in [1.807, 2.05) is 49.4 Å². The number of aromatic nitrogens is 5. The molecule has 2 N–H and O–H groups in total. The number of anilines is 4. The Kier molecular flexibility index (Phi) is 4.47. The number of rotatable bonds is 5. The first-order valence-electron chi connectivity index (χ1n) is 8.17. The maximum absolute atomic E-state index is 6.21. The van der Waals surface area contributed by atoms with Crippen LogP contribution in [-0.2, 0) is 0 Å². The maximum atomic E-state index is 6.21. The SMILES string of the molecule is Cc1cc(Nc2nc(N(C)c3cc(-c4ccccc4)no3)ncc2Cl)n[nH]1. The molecule has 0 atom stereocenters. The number of hydrogen-bond donors (Lipinski definition) is 2. The maximum Gasteiger partial charge on any atom is 0.234 e. The van der Waals surface area contributed by atoms with Gasteiger partial charge in [-0.25, -0.2) is 4.98 Å². The Labute approximate surface area is 160 Å². The second-order valence-electron chi connectivity index (χ2n) is 5.90. The molecule has 0 aliphatic carbocycles. The molecule has 0 amide bonds. The standard InChI is InChI=1S/C18H16ClN7O/c1-11-8-15(24-23-11)21-17-13(19)10-20-18(22-17)26(2)16-9-14(25-27-16)12-6-4-3-5-7-12/h3-10H,1-2H3,(H2,20,21,22,23,24). The minimum absolute atomic E-state index is 0.385. The van der Waals surface area contributed by atoms with Crippen molar-refractivity contribution in [3.63, 3.8) is 0 Å². The topological polar surface area (TPSA) is 95.8 Å². The molecular formula is C18H16ClN7O. The van der Waals surface area contributed by atoms with Gasteiger partial charge in [0.2, 0.25) is 11.8 Å². The third-order valence-corrected chi connectivity index (χ3v) is 4.16. The first-order chi connectivity index (χ1) is 13.1. The van der Waals surface area contributed by atoms with E-state index < -0.39 is 0 Å². The highest BCUT2D eigenvalue weighted by molar-refractivity contribution is 6.32. The highest BCUT2D eigenvalue weighted by atomic mass is 35.5. The van der Waals surface area contributed by atoms with Crippen LogP contribution in [0.15, 0.2) is 53.2 Å². The van der Waals surface area contributed by atoms with Crippen LogP contribution in [0.4, 0.5) is 23.5 Å². The zero-order chi connectivity index (χ0) is 18.8. The Bertz CT molecular complexity index is 1060. The quantitative estimate of drug-likeness (QED) is 0.531. The number of H-pyrrole nitrogens is 1. The van der Waals surface area contributed by atoms with Crippen molar-refractivity contribution in [2.75, 3.05) is 17.3 Å². The Balaban J connectivity index is 1.59. The number of nitrogens with one attached hydrogen (secondary N) is 2. The van der Waals surface area contributed by atoms with Gasteiger partial charge in [0.1, 0.15) is 10.7 Å². The summed E-state index contributed by atoms with van der Waals surface area (Å²) < 4.78 is 5.45. The Morgan fingerprint density at radius 1 is 1.19 bits per heavy atom. The zero-order valence-electron chi connectivity index (χ0n) is 14.6.